The lowest BCUT2D eigenvalue weighted by Gasteiger charge is -2.20. The number of anilines is 1. The molecule has 0 fully saturated rings. The predicted octanol–water partition coefficient (Wildman–Crippen LogP) is 15.7. The van der Waals surface area contributed by atoms with Gasteiger partial charge < -0.3 is 0 Å². The summed E-state index contributed by atoms with van der Waals surface area (Å²) in [5.74, 6) is 0. The van der Waals surface area contributed by atoms with E-state index in [1.807, 2.05) is 12.1 Å². The Hall–Kier alpha value is -8.40. The number of benzene rings is 11. The van der Waals surface area contributed by atoms with E-state index in [4.69, 9.17) is 10.1 Å². The lowest BCUT2D eigenvalue weighted by atomic mass is 9.84. The summed E-state index contributed by atoms with van der Waals surface area (Å²) in [6, 6.07) is 86.0. The number of hydrogen-bond donors (Lipinski definition) is 1. The van der Waals surface area contributed by atoms with Crippen molar-refractivity contribution in [2.45, 2.75) is 0 Å². The smallest absolute Gasteiger partial charge is 0.0977 e. The van der Waals surface area contributed by atoms with Crippen molar-refractivity contribution in [3.05, 3.63) is 265 Å². The third-order valence-electron chi connectivity index (χ3n) is 11.9. The van der Waals surface area contributed by atoms with E-state index in [1.165, 1.54) is 21.5 Å². The molecule has 0 aliphatic rings. The zero-order valence-electron chi connectivity index (χ0n) is 34.5. The zero-order valence-corrected chi connectivity index (χ0v) is 34.5. The van der Waals surface area contributed by atoms with Crippen molar-refractivity contribution in [1.29, 1.82) is 0 Å². The summed E-state index contributed by atoms with van der Waals surface area (Å²) >= 11 is 0. The standard InChI is InChI=1S/C60H41N3/c1-5-19-43(20-6-1)59(44-21-7-2-8-22-44)61-51-33-35-53-55(39-51)57(49-31-29-41-17-13-15-27-47(41)37-49)54-36-34-52(40-56(54)58(53)50-32-30-42-18-14-16-28-48(42)38-50)62-63-60(45-23-9-3-10-24-45)46-25-11-4-12-26-46/h1-40,62H. The normalized spacial score (nSPS) is 11.2. The van der Waals surface area contributed by atoms with Crippen LogP contribution < -0.4 is 5.43 Å². The van der Waals surface area contributed by atoms with E-state index < -0.39 is 0 Å². The fourth-order valence-corrected chi connectivity index (χ4v) is 8.89. The minimum Gasteiger partial charge on any atom is -0.278 e. The molecule has 0 saturated heterocycles. The van der Waals surface area contributed by atoms with E-state index in [1.54, 1.807) is 0 Å². The van der Waals surface area contributed by atoms with Crippen LogP contribution in [0, 0.1) is 0 Å². The van der Waals surface area contributed by atoms with Crippen LogP contribution in [0.2, 0.25) is 0 Å². The van der Waals surface area contributed by atoms with Gasteiger partial charge in [-0.15, -0.1) is 0 Å². The quantitative estimate of drug-likeness (QED) is 0.0881. The van der Waals surface area contributed by atoms with E-state index in [0.717, 1.165) is 88.9 Å². The summed E-state index contributed by atoms with van der Waals surface area (Å²) < 4.78 is 0. The molecule has 0 heterocycles. The van der Waals surface area contributed by atoms with Crippen LogP contribution in [-0.4, -0.2) is 11.4 Å². The molecule has 11 rings (SSSR count). The Morgan fingerprint density at radius 2 is 0.714 bits per heavy atom. The molecule has 63 heavy (non-hydrogen) atoms. The number of nitrogens with zero attached hydrogens (tertiary/aromatic N) is 2. The van der Waals surface area contributed by atoms with Gasteiger partial charge in [-0.05, 0) is 102 Å². The lowest BCUT2D eigenvalue weighted by Crippen LogP contribution is -2.06. The van der Waals surface area contributed by atoms with Crippen LogP contribution in [0.1, 0.15) is 22.3 Å². The van der Waals surface area contributed by atoms with Gasteiger partial charge in [0.05, 0.1) is 22.8 Å². The summed E-state index contributed by atoms with van der Waals surface area (Å²) in [7, 11) is 0. The Morgan fingerprint density at radius 3 is 1.21 bits per heavy atom. The second kappa shape index (κ2) is 16.6. The molecule has 0 bridgehead atoms. The Morgan fingerprint density at radius 1 is 0.302 bits per heavy atom. The van der Waals surface area contributed by atoms with Gasteiger partial charge in [0.15, 0.2) is 0 Å². The number of fused-ring (bicyclic) bond motifs is 4. The second-order valence-electron chi connectivity index (χ2n) is 15.9. The van der Waals surface area contributed by atoms with Crippen LogP contribution in [0.4, 0.5) is 11.4 Å². The van der Waals surface area contributed by atoms with Gasteiger partial charge in [-0.3, -0.25) is 5.43 Å². The molecule has 0 spiro atoms. The van der Waals surface area contributed by atoms with E-state index >= 15 is 0 Å². The molecule has 0 aromatic heterocycles. The lowest BCUT2D eigenvalue weighted by molar-refractivity contribution is 1.33. The zero-order chi connectivity index (χ0) is 42.0. The summed E-state index contributed by atoms with van der Waals surface area (Å²) in [5, 5.41) is 14.5. The minimum absolute atomic E-state index is 0.875. The number of nitrogens with one attached hydrogen (secondary N) is 1. The van der Waals surface area contributed by atoms with E-state index in [-0.39, 0.29) is 0 Å². The molecule has 3 nitrogen and oxygen atoms in total. The van der Waals surface area contributed by atoms with Gasteiger partial charge >= 0.3 is 0 Å². The van der Waals surface area contributed by atoms with Crippen molar-refractivity contribution in [3.63, 3.8) is 0 Å². The van der Waals surface area contributed by atoms with Gasteiger partial charge in [-0.1, -0.05) is 206 Å². The van der Waals surface area contributed by atoms with Crippen molar-refractivity contribution >= 4 is 65.9 Å². The van der Waals surface area contributed by atoms with Crippen LogP contribution in [0.25, 0.3) is 65.3 Å². The summed E-state index contributed by atoms with van der Waals surface area (Å²) in [6.45, 7) is 0. The summed E-state index contributed by atoms with van der Waals surface area (Å²) in [5.41, 5.74) is 15.9. The molecule has 0 unspecified atom stereocenters. The van der Waals surface area contributed by atoms with Crippen molar-refractivity contribution in [2.24, 2.45) is 10.1 Å². The maximum atomic E-state index is 5.45. The fraction of sp³-hybridized carbons (Fsp3) is 0. The molecule has 0 aliphatic heterocycles. The van der Waals surface area contributed by atoms with Gasteiger partial charge in [-0.2, -0.15) is 5.10 Å². The van der Waals surface area contributed by atoms with E-state index in [0.29, 0.717) is 0 Å². The minimum atomic E-state index is 0.875. The Bertz CT molecular complexity index is 3420. The predicted molar refractivity (Wildman–Crippen MR) is 268 cm³/mol. The first-order valence-electron chi connectivity index (χ1n) is 21.4. The van der Waals surface area contributed by atoms with Gasteiger partial charge in [-0.25, -0.2) is 4.99 Å². The fourth-order valence-electron chi connectivity index (χ4n) is 8.89. The highest BCUT2D eigenvalue weighted by atomic mass is 15.3. The highest BCUT2D eigenvalue weighted by molar-refractivity contribution is 6.23. The number of rotatable bonds is 9. The third kappa shape index (κ3) is 7.43. The Balaban J connectivity index is 1.19. The maximum absolute atomic E-state index is 5.45. The molecular formula is C60H41N3. The van der Waals surface area contributed by atoms with Crippen LogP contribution in [-0.2, 0) is 0 Å². The van der Waals surface area contributed by atoms with Crippen molar-refractivity contribution in [3.8, 4) is 22.3 Å². The molecular weight excluding hydrogens is 763 g/mol. The largest absolute Gasteiger partial charge is 0.278 e. The first kappa shape index (κ1) is 37.6. The average molecular weight is 804 g/mol. The first-order valence-corrected chi connectivity index (χ1v) is 21.4. The van der Waals surface area contributed by atoms with Crippen molar-refractivity contribution in [2.75, 3.05) is 5.43 Å². The molecule has 11 aromatic carbocycles. The van der Waals surface area contributed by atoms with Crippen LogP contribution >= 0.6 is 0 Å². The molecule has 296 valence electrons. The van der Waals surface area contributed by atoms with E-state index in [2.05, 4.69) is 236 Å². The monoisotopic (exact) mass is 803 g/mol. The SMILES string of the molecule is c1ccc(C(=NNc2ccc3c(-c4ccc5ccccc5c4)c4cc(N=C(c5ccccc5)c5ccccc5)ccc4c(-c4ccc5ccccc5c4)c3c2)c2ccccc2)cc1. The molecule has 0 aliphatic carbocycles. The molecule has 0 radical (unpaired) electrons. The molecule has 11 aromatic rings. The first-order chi connectivity index (χ1) is 31.2. The number of hydrogen-bond acceptors (Lipinski definition) is 3. The Kier molecular flexibility index (Phi) is 9.89. The summed E-state index contributed by atoms with van der Waals surface area (Å²) in [6.07, 6.45) is 0. The molecule has 0 amide bonds. The topological polar surface area (TPSA) is 36.8 Å². The van der Waals surface area contributed by atoms with Gasteiger partial charge in [0.2, 0.25) is 0 Å². The highest BCUT2D eigenvalue weighted by Crippen LogP contribution is 2.46. The molecule has 3 heteroatoms. The third-order valence-corrected chi connectivity index (χ3v) is 11.9. The van der Waals surface area contributed by atoms with Crippen LogP contribution in [0.5, 0.6) is 0 Å². The van der Waals surface area contributed by atoms with Gasteiger partial charge in [0, 0.05) is 22.3 Å². The van der Waals surface area contributed by atoms with Crippen LogP contribution in [0.3, 0.4) is 0 Å². The van der Waals surface area contributed by atoms with E-state index in [9.17, 15) is 0 Å². The molecule has 0 saturated carbocycles. The average Bonchev–Trinajstić information content (AvgIpc) is 3.36. The molecule has 0 atom stereocenters. The highest BCUT2D eigenvalue weighted by Gasteiger charge is 2.20. The van der Waals surface area contributed by atoms with Crippen LogP contribution in [0.15, 0.2) is 253 Å². The second-order valence-corrected chi connectivity index (χ2v) is 15.9. The maximum Gasteiger partial charge on any atom is 0.0977 e. The molecule has 1 N–H and O–H groups in total. The van der Waals surface area contributed by atoms with Gasteiger partial charge in [0.25, 0.3) is 0 Å². The van der Waals surface area contributed by atoms with Crippen molar-refractivity contribution < 1.29 is 0 Å². The summed E-state index contributed by atoms with van der Waals surface area (Å²) in [4.78, 5) is 5.45. The number of hydrazone groups is 1. The number of aliphatic imine (C=N–C) groups is 1. The Labute approximate surface area is 367 Å². The van der Waals surface area contributed by atoms with Crippen molar-refractivity contribution in [1.82, 2.24) is 0 Å². The van der Waals surface area contributed by atoms with Gasteiger partial charge in [0.1, 0.15) is 0 Å².